The van der Waals surface area contributed by atoms with Crippen LogP contribution in [0.1, 0.15) is 17.0 Å². The van der Waals surface area contributed by atoms with Gasteiger partial charge in [-0.25, -0.2) is 0 Å². The molecule has 0 atom stereocenters. The maximum Gasteiger partial charge on any atom is 0.264 e. The minimum atomic E-state index is -0.293. The van der Waals surface area contributed by atoms with Crippen LogP contribution < -0.4 is 10.1 Å². The molecule has 0 aliphatic rings. The van der Waals surface area contributed by atoms with Crippen molar-refractivity contribution in [1.82, 2.24) is 15.2 Å². The quantitative estimate of drug-likeness (QED) is 0.877. The minimum absolute atomic E-state index is 0.0719. The van der Waals surface area contributed by atoms with E-state index >= 15 is 0 Å². The third-order valence-electron chi connectivity index (χ3n) is 2.54. The first-order valence-electron chi connectivity index (χ1n) is 5.93. The Balaban J connectivity index is 1.89. The second kappa shape index (κ2) is 5.51. The van der Waals surface area contributed by atoms with Crippen LogP contribution >= 0.6 is 0 Å². The first kappa shape index (κ1) is 13.1. The molecule has 19 heavy (non-hydrogen) atoms. The highest BCUT2D eigenvalue weighted by Crippen LogP contribution is 2.18. The number of amides is 1. The summed E-state index contributed by atoms with van der Waals surface area (Å²) in [6, 6.07) is 5.81. The van der Waals surface area contributed by atoms with Gasteiger partial charge in [-0.2, -0.15) is 4.98 Å². The van der Waals surface area contributed by atoms with E-state index < -0.39 is 0 Å². The zero-order chi connectivity index (χ0) is 13.8. The van der Waals surface area contributed by atoms with Crippen molar-refractivity contribution in [3.63, 3.8) is 0 Å². The van der Waals surface area contributed by atoms with Crippen molar-refractivity contribution in [2.24, 2.45) is 0 Å². The van der Waals surface area contributed by atoms with E-state index in [1.165, 1.54) is 0 Å². The molecular formula is C13H16N4O2. The van der Waals surface area contributed by atoms with E-state index in [-0.39, 0.29) is 18.5 Å². The maximum absolute atomic E-state index is 11.6. The van der Waals surface area contributed by atoms with Crippen LogP contribution in [0.25, 0.3) is 0 Å². The predicted molar refractivity (Wildman–Crippen MR) is 71.2 cm³/mol. The van der Waals surface area contributed by atoms with Gasteiger partial charge in [-0.3, -0.25) is 15.2 Å². The fourth-order valence-corrected chi connectivity index (χ4v) is 1.66. The van der Waals surface area contributed by atoms with Crippen molar-refractivity contribution in [2.75, 3.05) is 11.9 Å². The molecule has 6 nitrogen and oxygen atoms in total. The van der Waals surface area contributed by atoms with E-state index in [9.17, 15) is 4.79 Å². The van der Waals surface area contributed by atoms with E-state index in [0.717, 1.165) is 11.1 Å². The van der Waals surface area contributed by atoms with E-state index in [1.807, 2.05) is 32.0 Å². The summed E-state index contributed by atoms with van der Waals surface area (Å²) in [7, 11) is 0. The molecule has 0 aliphatic heterocycles. The minimum Gasteiger partial charge on any atom is -0.483 e. The number of aryl methyl sites for hydroxylation is 3. The van der Waals surface area contributed by atoms with Gasteiger partial charge in [-0.15, -0.1) is 5.10 Å². The lowest BCUT2D eigenvalue weighted by Gasteiger charge is -2.08. The average molecular weight is 260 g/mol. The third kappa shape index (κ3) is 3.54. The molecule has 1 aromatic carbocycles. The van der Waals surface area contributed by atoms with Gasteiger partial charge in [0.15, 0.2) is 6.61 Å². The van der Waals surface area contributed by atoms with Gasteiger partial charge in [0.05, 0.1) is 0 Å². The molecule has 0 bridgehead atoms. The van der Waals surface area contributed by atoms with Crippen molar-refractivity contribution in [3.8, 4) is 5.75 Å². The molecule has 0 saturated carbocycles. The first-order chi connectivity index (χ1) is 9.04. The summed E-state index contributed by atoms with van der Waals surface area (Å²) in [5.41, 5.74) is 2.16. The Hall–Kier alpha value is -2.37. The van der Waals surface area contributed by atoms with Crippen molar-refractivity contribution in [2.45, 2.75) is 20.8 Å². The van der Waals surface area contributed by atoms with Gasteiger partial charge in [-0.05, 0) is 32.4 Å². The molecule has 1 amide bonds. The predicted octanol–water partition coefficient (Wildman–Crippen LogP) is 1.75. The summed E-state index contributed by atoms with van der Waals surface area (Å²) in [5, 5.41) is 9.01. The Morgan fingerprint density at radius 2 is 2.16 bits per heavy atom. The second-order valence-corrected chi connectivity index (χ2v) is 4.35. The number of carbonyl (C=O) groups excluding carboxylic acids is 1. The normalized spacial score (nSPS) is 10.3. The van der Waals surface area contributed by atoms with E-state index in [1.54, 1.807) is 6.92 Å². The molecule has 6 heteroatoms. The van der Waals surface area contributed by atoms with Crippen LogP contribution in [0.5, 0.6) is 5.75 Å². The highest BCUT2D eigenvalue weighted by Gasteiger charge is 2.08. The lowest BCUT2D eigenvalue weighted by Crippen LogP contribution is -2.21. The summed E-state index contributed by atoms with van der Waals surface area (Å²) in [6.45, 7) is 5.64. The fraction of sp³-hybridized carbons (Fsp3) is 0.308. The zero-order valence-corrected chi connectivity index (χ0v) is 11.2. The van der Waals surface area contributed by atoms with Gasteiger partial charge >= 0.3 is 0 Å². The van der Waals surface area contributed by atoms with E-state index in [4.69, 9.17) is 4.74 Å². The Morgan fingerprint density at radius 3 is 2.79 bits per heavy atom. The molecule has 0 unspecified atom stereocenters. The van der Waals surface area contributed by atoms with Gasteiger partial charge in [0.1, 0.15) is 11.6 Å². The number of aromatic nitrogens is 3. The van der Waals surface area contributed by atoms with Crippen LogP contribution in [0.4, 0.5) is 5.95 Å². The van der Waals surface area contributed by atoms with Gasteiger partial charge in [0, 0.05) is 0 Å². The second-order valence-electron chi connectivity index (χ2n) is 4.35. The Labute approximate surface area is 111 Å². The Kier molecular flexibility index (Phi) is 3.79. The first-order valence-corrected chi connectivity index (χ1v) is 5.93. The number of hydrogen-bond acceptors (Lipinski definition) is 4. The third-order valence-corrected chi connectivity index (χ3v) is 2.54. The number of ether oxygens (including phenoxy) is 1. The van der Waals surface area contributed by atoms with E-state index in [0.29, 0.717) is 11.6 Å². The zero-order valence-electron chi connectivity index (χ0n) is 11.2. The fourth-order valence-electron chi connectivity index (χ4n) is 1.66. The Morgan fingerprint density at radius 1 is 1.37 bits per heavy atom. The summed E-state index contributed by atoms with van der Waals surface area (Å²) in [4.78, 5) is 15.6. The number of carbonyl (C=O) groups is 1. The number of anilines is 1. The number of H-pyrrole nitrogens is 1. The van der Waals surface area contributed by atoms with Gasteiger partial charge < -0.3 is 4.74 Å². The lowest BCUT2D eigenvalue weighted by molar-refractivity contribution is -0.118. The summed E-state index contributed by atoms with van der Waals surface area (Å²) >= 11 is 0. The molecule has 0 spiro atoms. The highest BCUT2D eigenvalue weighted by molar-refractivity contribution is 5.90. The lowest BCUT2D eigenvalue weighted by atomic mass is 10.1. The van der Waals surface area contributed by atoms with E-state index in [2.05, 4.69) is 20.5 Å². The van der Waals surface area contributed by atoms with Crippen LogP contribution in [0.3, 0.4) is 0 Å². The van der Waals surface area contributed by atoms with Crippen LogP contribution in [-0.4, -0.2) is 27.7 Å². The highest BCUT2D eigenvalue weighted by atomic mass is 16.5. The van der Waals surface area contributed by atoms with Crippen LogP contribution in [0, 0.1) is 20.8 Å². The molecule has 2 aromatic rings. The molecule has 100 valence electrons. The maximum atomic E-state index is 11.6. The molecule has 0 radical (unpaired) electrons. The van der Waals surface area contributed by atoms with Crippen LogP contribution in [0.15, 0.2) is 18.2 Å². The smallest absolute Gasteiger partial charge is 0.264 e. The molecule has 1 heterocycles. The van der Waals surface area contributed by atoms with Crippen molar-refractivity contribution >= 4 is 11.9 Å². The number of hydrogen-bond donors (Lipinski definition) is 2. The number of benzene rings is 1. The van der Waals surface area contributed by atoms with Gasteiger partial charge in [0.2, 0.25) is 5.95 Å². The number of aromatic amines is 1. The molecular weight excluding hydrogens is 244 g/mol. The topological polar surface area (TPSA) is 79.9 Å². The average Bonchev–Trinajstić information content (AvgIpc) is 2.73. The number of rotatable bonds is 4. The SMILES string of the molecule is Cc1ccc(OCC(=O)Nc2n[nH]c(C)n2)c(C)c1. The van der Waals surface area contributed by atoms with Crippen molar-refractivity contribution < 1.29 is 9.53 Å². The summed E-state index contributed by atoms with van der Waals surface area (Å²) in [5.74, 6) is 1.31. The summed E-state index contributed by atoms with van der Waals surface area (Å²) < 4.78 is 5.45. The molecule has 1 aromatic heterocycles. The number of nitrogens with zero attached hydrogens (tertiary/aromatic N) is 2. The van der Waals surface area contributed by atoms with Gasteiger partial charge in [0.25, 0.3) is 5.91 Å². The largest absolute Gasteiger partial charge is 0.483 e. The van der Waals surface area contributed by atoms with Crippen LogP contribution in [0.2, 0.25) is 0 Å². The molecule has 2 N–H and O–H groups in total. The monoisotopic (exact) mass is 260 g/mol. The molecule has 2 rings (SSSR count). The van der Waals surface area contributed by atoms with Crippen molar-refractivity contribution in [3.05, 3.63) is 35.2 Å². The summed E-state index contributed by atoms with van der Waals surface area (Å²) in [6.07, 6.45) is 0. The standard InChI is InChI=1S/C13H16N4O2/c1-8-4-5-11(9(2)6-8)19-7-12(18)15-13-14-10(3)16-17-13/h4-6H,7H2,1-3H3,(H2,14,15,16,17,18). The van der Waals surface area contributed by atoms with Crippen molar-refractivity contribution in [1.29, 1.82) is 0 Å². The van der Waals surface area contributed by atoms with Gasteiger partial charge in [-0.1, -0.05) is 17.7 Å². The van der Waals surface area contributed by atoms with Crippen LogP contribution in [-0.2, 0) is 4.79 Å². The molecule has 0 saturated heterocycles. The molecule has 0 fully saturated rings. The Bertz CT molecular complexity index is 592. The molecule has 0 aliphatic carbocycles. The number of nitrogens with one attached hydrogen (secondary N) is 2.